The lowest BCUT2D eigenvalue weighted by atomic mass is 9.95. The largest absolute Gasteiger partial charge is 0.350 e. The molecule has 2 aromatic rings. The zero-order valence-electron chi connectivity index (χ0n) is 12.8. The third-order valence-electron chi connectivity index (χ3n) is 4.82. The Kier molecular flexibility index (Phi) is 3.66. The van der Waals surface area contributed by atoms with E-state index < -0.39 is 0 Å². The second-order valence-electron chi connectivity index (χ2n) is 6.21. The molecule has 24 heavy (non-hydrogen) atoms. The summed E-state index contributed by atoms with van der Waals surface area (Å²) in [5.41, 5.74) is 1.36. The van der Waals surface area contributed by atoms with E-state index in [1.165, 1.54) is 0 Å². The summed E-state index contributed by atoms with van der Waals surface area (Å²) in [5, 5.41) is 16.7. The highest BCUT2D eigenvalue weighted by molar-refractivity contribution is 6.30. The molecular weight excluding hydrogens is 328 g/mol. The number of carbonyl (C=O) groups excluding carboxylic acids is 1. The van der Waals surface area contributed by atoms with Crippen LogP contribution < -0.4 is 5.32 Å². The normalized spacial score (nSPS) is 24.8. The van der Waals surface area contributed by atoms with Crippen molar-refractivity contribution in [3.63, 3.8) is 0 Å². The Bertz CT molecular complexity index is 828. The van der Waals surface area contributed by atoms with E-state index in [4.69, 9.17) is 16.1 Å². The lowest BCUT2D eigenvalue weighted by Crippen LogP contribution is -2.43. The SMILES string of the molecule is N#CN1[C@H]2CC[C@@H]1[C@H](NC(=O)c1cc(-c3cccc(Cl)c3)no1)C2. The van der Waals surface area contributed by atoms with Gasteiger partial charge < -0.3 is 14.7 Å². The van der Waals surface area contributed by atoms with Crippen molar-refractivity contribution < 1.29 is 9.32 Å². The second-order valence-corrected chi connectivity index (χ2v) is 6.64. The molecule has 3 heterocycles. The van der Waals surface area contributed by atoms with Gasteiger partial charge in [0.25, 0.3) is 5.91 Å². The number of rotatable bonds is 3. The summed E-state index contributed by atoms with van der Waals surface area (Å²) in [6.45, 7) is 0. The summed E-state index contributed by atoms with van der Waals surface area (Å²) >= 11 is 5.97. The minimum absolute atomic E-state index is 0.0179. The first-order chi connectivity index (χ1) is 11.7. The Hall–Kier alpha value is -2.52. The minimum Gasteiger partial charge on any atom is -0.350 e. The zero-order chi connectivity index (χ0) is 16.7. The topological polar surface area (TPSA) is 82.2 Å². The van der Waals surface area contributed by atoms with Gasteiger partial charge in [-0.3, -0.25) is 4.79 Å². The number of aromatic nitrogens is 1. The molecule has 0 aliphatic carbocycles. The van der Waals surface area contributed by atoms with Gasteiger partial charge in [-0.05, 0) is 31.4 Å². The van der Waals surface area contributed by atoms with E-state index in [0.717, 1.165) is 24.8 Å². The maximum atomic E-state index is 12.4. The fourth-order valence-corrected chi connectivity index (χ4v) is 3.90. The Morgan fingerprint density at radius 1 is 1.42 bits per heavy atom. The maximum Gasteiger partial charge on any atom is 0.290 e. The summed E-state index contributed by atoms with van der Waals surface area (Å²) in [5.74, 6) is -0.137. The van der Waals surface area contributed by atoms with Crippen LogP contribution >= 0.6 is 11.6 Å². The van der Waals surface area contributed by atoms with E-state index in [1.807, 2.05) is 17.0 Å². The van der Waals surface area contributed by atoms with E-state index in [9.17, 15) is 10.1 Å². The Morgan fingerprint density at radius 3 is 3.04 bits per heavy atom. The molecule has 0 saturated carbocycles. The van der Waals surface area contributed by atoms with Gasteiger partial charge in [0.05, 0.1) is 12.1 Å². The van der Waals surface area contributed by atoms with Gasteiger partial charge in [-0.1, -0.05) is 28.9 Å². The van der Waals surface area contributed by atoms with Crippen LogP contribution in [-0.4, -0.2) is 34.1 Å². The fraction of sp³-hybridized carbons (Fsp3) is 0.353. The molecule has 1 N–H and O–H groups in total. The number of halogens is 1. The molecule has 0 unspecified atom stereocenters. The number of carbonyl (C=O) groups is 1. The van der Waals surface area contributed by atoms with E-state index in [-0.39, 0.29) is 29.8 Å². The molecule has 7 heteroatoms. The summed E-state index contributed by atoms with van der Waals surface area (Å²) in [6, 6.07) is 9.15. The van der Waals surface area contributed by atoms with Crippen LogP contribution in [0.5, 0.6) is 0 Å². The van der Waals surface area contributed by atoms with Crippen molar-refractivity contribution in [2.75, 3.05) is 0 Å². The Morgan fingerprint density at radius 2 is 2.29 bits per heavy atom. The molecule has 1 aromatic heterocycles. The summed E-state index contributed by atoms with van der Waals surface area (Å²) in [6.07, 6.45) is 5.00. The van der Waals surface area contributed by atoms with Crippen molar-refractivity contribution in [3.05, 3.63) is 41.1 Å². The van der Waals surface area contributed by atoms with Gasteiger partial charge in [0.1, 0.15) is 5.69 Å². The van der Waals surface area contributed by atoms with Crippen LogP contribution in [0.3, 0.4) is 0 Å². The Labute approximate surface area is 144 Å². The summed E-state index contributed by atoms with van der Waals surface area (Å²) in [7, 11) is 0. The number of hydrogen-bond donors (Lipinski definition) is 1. The molecule has 2 bridgehead atoms. The van der Waals surface area contributed by atoms with Gasteiger partial charge >= 0.3 is 0 Å². The molecule has 122 valence electrons. The van der Waals surface area contributed by atoms with Crippen LogP contribution in [0.25, 0.3) is 11.3 Å². The van der Waals surface area contributed by atoms with E-state index in [0.29, 0.717) is 10.7 Å². The first-order valence-electron chi connectivity index (χ1n) is 7.87. The number of amides is 1. The molecular formula is C17H15ClN4O2. The lowest BCUT2D eigenvalue weighted by molar-refractivity contribution is 0.0891. The quantitative estimate of drug-likeness (QED) is 0.867. The number of nitriles is 1. The molecule has 0 radical (unpaired) electrons. The van der Waals surface area contributed by atoms with E-state index in [1.54, 1.807) is 18.2 Å². The second kappa shape index (κ2) is 5.84. The van der Waals surface area contributed by atoms with E-state index >= 15 is 0 Å². The molecule has 0 spiro atoms. The van der Waals surface area contributed by atoms with Crippen LogP contribution in [0.2, 0.25) is 5.02 Å². The van der Waals surface area contributed by atoms with Crippen LogP contribution in [0.15, 0.2) is 34.9 Å². The highest BCUT2D eigenvalue weighted by Gasteiger charge is 2.46. The maximum absolute atomic E-state index is 12.4. The molecule has 2 fully saturated rings. The predicted octanol–water partition coefficient (Wildman–Crippen LogP) is 2.81. The predicted molar refractivity (Wildman–Crippen MR) is 87.1 cm³/mol. The van der Waals surface area contributed by atoms with Crippen molar-refractivity contribution in [2.24, 2.45) is 0 Å². The first kappa shape index (κ1) is 15.0. The van der Waals surface area contributed by atoms with Gasteiger partial charge in [-0.2, -0.15) is 5.26 Å². The van der Waals surface area contributed by atoms with Gasteiger partial charge in [0, 0.05) is 22.7 Å². The van der Waals surface area contributed by atoms with Crippen molar-refractivity contribution in [1.29, 1.82) is 5.26 Å². The number of fused-ring (bicyclic) bond motifs is 2. The van der Waals surface area contributed by atoms with Crippen molar-refractivity contribution in [1.82, 2.24) is 15.4 Å². The van der Waals surface area contributed by atoms with Crippen molar-refractivity contribution in [2.45, 2.75) is 37.4 Å². The first-order valence-corrected chi connectivity index (χ1v) is 8.25. The highest BCUT2D eigenvalue weighted by Crippen LogP contribution is 2.37. The standard InChI is InChI=1S/C17H15ClN4O2/c18-11-3-1-2-10(6-11)13-8-16(24-21-13)17(23)20-14-7-12-4-5-15(14)22(12)9-19/h1-3,6,8,12,14-15H,4-5,7H2,(H,20,23)/t12-,14+,15+/m0/s1. The average molecular weight is 343 g/mol. The third-order valence-corrected chi connectivity index (χ3v) is 5.06. The van der Waals surface area contributed by atoms with Gasteiger partial charge in [0.2, 0.25) is 5.76 Å². The summed E-state index contributed by atoms with van der Waals surface area (Å²) < 4.78 is 5.18. The molecule has 1 amide bonds. The number of benzene rings is 1. The number of hydrogen-bond acceptors (Lipinski definition) is 5. The minimum atomic E-state index is -0.300. The molecule has 2 saturated heterocycles. The molecule has 3 atom stereocenters. The Balaban J connectivity index is 1.48. The van der Waals surface area contributed by atoms with Crippen LogP contribution in [-0.2, 0) is 0 Å². The molecule has 6 nitrogen and oxygen atoms in total. The smallest absolute Gasteiger partial charge is 0.290 e. The van der Waals surface area contributed by atoms with Gasteiger partial charge in [0.15, 0.2) is 6.19 Å². The average Bonchev–Trinajstić information content (AvgIpc) is 3.28. The molecule has 4 rings (SSSR count). The zero-order valence-corrected chi connectivity index (χ0v) is 13.5. The van der Waals surface area contributed by atoms with E-state index in [2.05, 4.69) is 16.7 Å². The van der Waals surface area contributed by atoms with Crippen molar-refractivity contribution in [3.8, 4) is 17.5 Å². The van der Waals surface area contributed by atoms with Crippen molar-refractivity contribution >= 4 is 17.5 Å². The molecule has 1 aromatic carbocycles. The lowest BCUT2D eigenvalue weighted by Gasteiger charge is -2.21. The number of nitrogens with one attached hydrogen (secondary N) is 1. The third kappa shape index (κ3) is 2.51. The molecule has 2 aliphatic heterocycles. The van der Waals surface area contributed by atoms with Gasteiger partial charge in [-0.15, -0.1) is 0 Å². The monoisotopic (exact) mass is 342 g/mol. The van der Waals surface area contributed by atoms with Crippen LogP contribution in [0.4, 0.5) is 0 Å². The number of nitrogens with zero attached hydrogens (tertiary/aromatic N) is 3. The van der Waals surface area contributed by atoms with Gasteiger partial charge in [-0.25, -0.2) is 0 Å². The van der Waals surface area contributed by atoms with Crippen LogP contribution in [0.1, 0.15) is 29.8 Å². The van der Waals surface area contributed by atoms with Crippen LogP contribution in [0, 0.1) is 11.5 Å². The highest BCUT2D eigenvalue weighted by atomic mass is 35.5. The molecule has 2 aliphatic rings. The summed E-state index contributed by atoms with van der Waals surface area (Å²) in [4.78, 5) is 14.2. The fourth-order valence-electron chi connectivity index (χ4n) is 3.71.